The molecule has 0 aliphatic heterocycles. The molecule has 0 aromatic heterocycles. The second-order valence-corrected chi connectivity index (χ2v) is 14.7. The minimum absolute atomic E-state index is 0.0143. The number of sulfonamides is 1. The minimum Gasteiger partial charge on any atom is -0.494 e. The van der Waals surface area contributed by atoms with E-state index >= 15 is 0 Å². The van der Waals surface area contributed by atoms with Crippen molar-refractivity contribution in [3.8, 4) is 5.75 Å². The van der Waals surface area contributed by atoms with Gasteiger partial charge in [-0.05, 0) is 86.3 Å². The van der Waals surface area contributed by atoms with Crippen LogP contribution in [0.2, 0.25) is 5.02 Å². The first kappa shape index (κ1) is 36.0. The van der Waals surface area contributed by atoms with Crippen LogP contribution in [0.25, 0.3) is 0 Å². The van der Waals surface area contributed by atoms with Gasteiger partial charge in [0.1, 0.15) is 18.3 Å². The molecule has 1 N–H and O–H groups in total. The highest BCUT2D eigenvalue weighted by molar-refractivity contribution is 7.92. The maximum absolute atomic E-state index is 14.7. The Bertz CT molecular complexity index is 1780. The first-order chi connectivity index (χ1) is 23.6. The molecule has 5 rings (SSSR count). The predicted molar refractivity (Wildman–Crippen MR) is 194 cm³/mol. The number of hydrogen-bond donors (Lipinski definition) is 1. The van der Waals surface area contributed by atoms with Gasteiger partial charge in [-0.2, -0.15) is 0 Å². The lowest BCUT2D eigenvalue weighted by Crippen LogP contribution is -2.55. The number of ether oxygens (including phenoxy) is 1. The Morgan fingerprint density at radius 2 is 1.51 bits per heavy atom. The van der Waals surface area contributed by atoms with Gasteiger partial charge < -0.3 is 15.0 Å². The number of carbonyl (C=O) groups excluding carboxylic acids is 2. The van der Waals surface area contributed by atoms with Crippen molar-refractivity contribution in [2.24, 2.45) is 0 Å². The molecule has 2 amide bonds. The van der Waals surface area contributed by atoms with E-state index in [0.717, 1.165) is 53.1 Å². The summed E-state index contributed by atoms with van der Waals surface area (Å²) in [6.07, 6.45) is 5.27. The normalized spacial score (nSPS) is 14.1. The summed E-state index contributed by atoms with van der Waals surface area (Å²) in [6, 6.07) is 29.0. The van der Waals surface area contributed by atoms with Crippen LogP contribution < -0.4 is 14.4 Å². The highest BCUT2D eigenvalue weighted by Crippen LogP contribution is 2.28. The van der Waals surface area contributed by atoms with Crippen LogP contribution in [0.3, 0.4) is 0 Å². The Labute approximate surface area is 295 Å². The van der Waals surface area contributed by atoms with Crippen molar-refractivity contribution in [1.29, 1.82) is 0 Å². The highest BCUT2D eigenvalue weighted by atomic mass is 35.5. The average molecular weight is 702 g/mol. The van der Waals surface area contributed by atoms with Crippen LogP contribution in [0, 0.1) is 6.92 Å². The molecule has 0 spiro atoms. The summed E-state index contributed by atoms with van der Waals surface area (Å²) < 4.78 is 35.2. The molecular formula is C39H44ClN3O5S. The van der Waals surface area contributed by atoms with Crippen molar-refractivity contribution in [1.82, 2.24) is 10.2 Å². The van der Waals surface area contributed by atoms with E-state index in [-0.39, 0.29) is 35.5 Å². The van der Waals surface area contributed by atoms with Gasteiger partial charge in [0.15, 0.2) is 0 Å². The molecule has 258 valence electrons. The van der Waals surface area contributed by atoms with Gasteiger partial charge >= 0.3 is 0 Å². The van der Waals surface area contributed by atoms with Crippen LogP contribution in [0.5, 0.6) is 5.75 Å². The van der Waals surface area contributed by atoms with E-state index in [0.29, 0.717) is 17.4 Å². The van der Waals surface area contributed by atoms with Crippen LogP contribution in [0.15, 0.2) is 108 Å². The molecule has 4 aromatic rings. The topological polar surface area (TPSA) is 96.0 Å². The zero-order valence-corrected chi connectivity index (χ0v) is 29.6. The lowest BCUT2D eigenvalue weighted by atomic mass is 9.94. The summed E-state index contributed by atoms with van der Waals surface area (Å²) >= 11 is 6.10. The smallest absolute Gasteiger partial charge is 0.264 e. The van der Waals surface area contributed by atoms with E-state index in [1.165, 1.54) is 29.2 Å². The molecule has 49 heavy (non-hydrogen) atoms. The van der Waals surface area contributed by atoms with Gasteiger partial charge in [-0.3, -0.25) is 13.9 Å². The molecule has 1 aliphatic carbocycles. The third kappa shape index (κ3) is 9.64. The molecule has 1 atom stereocenters. The van der Waals surface area contributed by atoms with Gasteiger partial charge in [-0.25, -0.2) is 8.42 Å². The second kappa shape index (κ2) is 16.9. The Morgan fingerprint density at radius 3 is 2.14 bits per heavy atom. The number of amides is 2. The van der Waals surface area contributed by atoms with E-state index in [1.54, 1.807) is 24.3 Å². The molecule has 1 unspecified atom stereocenters. The maximum Gasteiger partial charge on any atom is 0.264 e. The third-order valence-electron chi connectivity index (χ3n) is 8.81. The van der Waals surface area contributed by atoms with E-state index < -0.39 is 28.5 Å². The number of benzene rings is 4. The molecule has 1 fully saturated rings. The molecule has 8 nitrogen and oxygen atoms in total. The third-order valence-corrected chi connectivity index (χ3v) is 10.9. The summed E-state index contributed by atoms with van der Waals surface area (Å²) in [5.41, 5.74) is 3.07. The standard InChI is InChI=1S/C39H44ClN3O5S/c1-3-48-35-22-20-34(21-23-35)43(49(46,47)36-24-18-32(40)19-25-36)28-38(44)42(27-31-16-14-29(2)15-17-31)37(26-30-10-6-4-7-11-30)39(45)41-33-12-8-5-9-13-33/h4,6-7,10-11,14-25,33,37H,3,5,8-9,12-13,26-28H2,1-2H3,(H,41,45). The predicted octanol–water partition coefficient (Wildman–Crippen LogP) is 7.33. The maximum atomic E-state index is 14.7. The van der Waals surface area contributed by atoms with Gasteiger partial charge in [-0.15, -0.1) is 0 Å². The number of halogens is 1. The first-order valence-electron chi connectivity index (χ1n) is 16.8. The fraction of sp³-hybridized carbons (Fsp3) is 0.333. The molecular weight excluding hydrogens is 658 g/mol. The molecule has 1 aliphatic rings. The molecule has 0 heterocycles. The lowest BCUT2D eigenvalue weighted by molar-refractivity contribution is -0.140. The summed E-state index contributed by atoms with van der Waals surface area (Å²) in [6.45, 7) is 3.88. The number of nitrogens with one attached hydrogen (secondary N) is 1. The molecule has 1 saturated carbocycles. The second-order valence-electron chi connectivity index (χ2n) is 12.4. The number of aryl methyl sites for hydroxylation is 1. The van der Waals surface area contributed by atoms with Crippen molar-refractivity contribution in [2.45, 2.75) is 75.9 Å². The van der Waals surface area contributed by atoms with Gasteiger partial charge in [-0.1, -0.05) is 91.0 Å². The summed E-state index contributed by atoms with van der Waals surface area (Å²) in [5.74, 6) is -0.180. The van der Waals surface area contributed by atoms with Crippen molar-refractivity contribution in [3.63, 3.8) is 0 Å². The highest BCUT2D eigenvalue weighted by Gasteiger charge is 2.35. The van der Waals surface area contributed by atoms with E-state index in [2.05, 4.69) is 5.32 Å². The number of anilines is 1. The van der Waals surface area contributed by atoms with Crippen LogP contribution >= 0.6 is 11.6 Å². The number of nitrogens with zero attached hydrogens (tertiary/aromatic N) is 2. The quantitative estimate of drug-likeness (QED) is 0.149. The average Bonchev–Trinajstić information content (AvgIpc) is 3.11. The van der Waals surface area contributed by atoms with Crippen LogP contribution in [0.4, 0.5) is 5.69 Å². The minimum atomic E-state index is -4.24. The summed E-state index contributed by atoms with van der Waals surface area (Å²) in [7, 11) is -4.24. The molecule has 0 bridgehead atoms. The van der Waals surface area contributed by atoms with Crippen LogP contribution in [-0.4, -0.2) is 50.4 Å². The fourth-order valence-electron chi connectivity index (χ4n) is 6.13. The van der Waals surface area contributed by atoms with Gasteiger partial charge in [0.25, 0.3) is 10.0 Å². The molecule has 0 saturated heterocycles. The zero-order valence-electron chi connectivity index (χ0n) is 28.1. The SMILES string of the molecule is CCOc1ccc(N(CC(=O)N(Cc2ccc(C)cc2)C(Cc2ccccc2)C(=O)NC2CCCCC2)S(=O)(=O)c2ccc(Cl)cc2)cc1. The van der Waals surface area contributed by atoms with Crippen LogP contribution in [-0.2, 0) is 32.6 Å². The molecule has 10 heteroatoms. The molecule has 0 radical (unpaired) electrons. The van der Waals surface area contributed by atoms with Crippen molar-refractivity contribution >= 4 is 39.1 Å². The van der Waals surface area contributed by atoms with E-state index in [9.17, 15) is 18.0 Å². The van der Waals surface area contributed by atoms with Gasteiger partial charge in [0, 0.05) is 24.0 Å². The monoisotopic (exact) mass is 701 g/mol. The number of rotatable bonds is 14. The van der Waals surface area contributed by atoms with Crippen LogP contribution in [0.1, 0.15) is 55.7 Å². The van der Waals surface area contributed by atoms with E-state index in [4.69, 9.17) is 16.3 Å². The largest absolute Gasteiger partial charge is 0.494 e. The van der Waals surface area contributed by atoms with Crippen molar-refractivity contribution < 1.29 is 22.7 Å². The number of hydrogen-bond acceptors (Lipinski definition) is 5. The zero-order chi connectivity index (χ0) is 34.8. The Morgan fingerprint density at radius 1 is 0.857 bits per heavy atom. The lowest BCUT2D eigenvalue weighted by Gasteiger charge is -2.35. The Hall–Kier alpha value is -4.34. The van der Waals surface area contributed by atoms with Gasteiger partial charge in [0.05, 0.1) is 17.2 Å². The van der Waals surface area contributed by atoms with Gasteiger partial charge in [0.2, 0.25) is 11.8 Å². The Kier molecular flexibility index (Phi) is 12.4. The summed E-state index contributed by atoms with van der Waals surface area (Å²) in [5, 5.41) is 3.63. The number of carbonyl (C=O) groups is 2. The first-order valence-corrected chi connectivity index (χ1v) is 18.7. The summed E-state index contributed by atoms with van der Waals surface area (Å²) in [4.78, 5) is 30.5. The molecule has 4 aromatic carbocycles. The van der Waals surface area contributed by atoms with Crippen molar-refractivity contribution in [2.75, 3.05) is 17.5 Å². The van der Waals surface area contributed by atoms with E-state index in [1.807, 2.05) is 68.4 Å². The van der Waals surface area contributed by atoms with Crippen molar-refractivity contribution in [3.05, 3.63) is 125 Å². The Balaban J connectivity index is 1.56. The fourth-order valence-corrected chi connectivity index (χ4v) is 7.67.